The Morgan fingerprint density at radius 1 is 0.739 bits per heavy atom. The van der Waals surface area contributed by atoms with E-state index >= 15 is 0 Å². The molecule has 0 bridgehead atoms. The number of phenolic OH excluding ortho intramolecular Hbond substituents is 1. The molecule has 3 aromatic carbocycles. The molecule has 0 aliphatic heterocycles. The minimum atomic E-state index is -2.13. The van der Waals surface area contributed by atoms with Gasteiger partial charge >= 0.3 is 0 Å². The van der Waals surface area contributed by atoms with Gasteiger partial charge in [-0.05, 0) is 33.6 Å². The summed E-state index contributed by atoms with van der Waals surface area (Å²) in [5, 5.41) is 14.4. The number of hydrogen-bond donors (Lipinski definition) is 1. The second-order valence-electron chi connectivity index (χ2n) is 6.01. The minimum Gasteiger partial charge on any atom is -0.508 e. The molecular formula is C21H22OSi. The number of phenols is 1. The summed E-state index contributed by atoms with van der Waals surface area (Å²) in [6.45, 7) is 4.50. The van der Waals surface area contributed by atoms with Gasteiger partial charge in [0.1, 0.15) is 13.8 Å². The zero-order valence-electron chi connectivity index (χ0n) is 13.7. The van der Waals surface area contributed by atoms with Crippen molar-refractivity contribution in [1.82, 2.24) is 0 Å². The highest BCUT2D eigenvalue weighted by Crippen LogP contribution is 2.19. The van der Waals surface area contributed by atoms with Gasteiger partial charge in [0.25, 0.3) is 0 Å². The summed E-state index contributed by atoms with van der Waals surface area (Å²) in [6.07, 6.45) is 0.838. The van der Waals surface area contributed by atoms with Gasteiger partial charge in [-0.1, -0.05) is 86.3 Å². The molecule has 0 saturated carbocycles. The normalized spacial score (nSPS) is 11.4. The molecule has 0 amide bonds. The average molecular weight is 318 g/mol. The van der Waals surface area contributed by atoms with Crippen LogP contribution in [0.3, 0.4) is 0 Å². The van der Waals surface area contributed by atoms with Crippen molar-refractivity contribution in [2.45, 2.75) is 19.9 Å². The van der Waals surface area contributed by atoms with Crippen LogP contribution in [0, 0.1) is 0 Å². The molecule has 0 spiro atoms. The highest BCUT2D eigenvalue weighted by atomic mass is 28.3. The van der Waals surface area contributed by atoms with E-state index in [1.807, 2.05) is 6.07 Å². The first-order valence-corrected chi connectivity index (χ1v) is 10.6. The molecule has 0 atom stereocenters. The van der Waals surface area contributed by atoms with Crippen LogP contribution in [0.25, 0.3) is 0 Å². The van der Waals surface area contributed by atoms with Crippen LogP contribution in [0.2, 0.25) is 6.55 Å². The van der Waals surface area contributed by atoms with E-state index in [9.17, 15) is 5.11 Å². The van der Waals surface area contributed by atoms with Crippen molar-refractivity contribution in [3.05, 3.63) is 84.4 Å². The standard InChI is InChI=1S/C21H22OSi/c1-3-19-20(22)15-10-16-21(19)23(2,17-11-6-4-7-12-17)18-13-8-5-9-14-18/h4-16,22H,3H2,1-2H3. The maximum absolute atomic E-state index is 10.4. The first-order chi connectivity index (χ1) is 11.2. The molecule has 0 unspecified atom stereocenters. The van der Waals surface area contributed by atoms with Gasteiger partial charge in [-0.15, -0.1) is 0 Å². The summed E-state index contributed by atoms with van der Waals surface area (Å²) in [7, 11) is -2.13. The Morgan fingerprint density at radius 3 is 1.74 bits per heavy atom. The second kappa shape index (κ2) is 6.43. The lowest BCUT2D eigenvalue weighted by molar-refractivity contribution is 0.469. The molecular weight excluding hydrogens is 296 g/mol. The van der Waals surface area contributed by atoms with Gasteiger partial charge in [-0.2, -0.15) is 0 Å². The van der Waals surface area contributed by atoms with Gasteiger partial charge in [-0.3, -0.25) is 0 Å². The van der Waals surface area contributed by atoms with E-state index in [4.69, 9.17) is 0 Å². The van der Waals surface area contributed by atoms with Crippen LogP contribution < -0.4 is 15.6 Å². The number of benzene rings is 3. The molecule has 116 valence electrons. The Hall–Kier alpha value is -2.32. The summed E-state index contributed by atoms with van der Waals surface area (Å²) < 4.78 is 0. The molecule has 0 fully saturated rings. The van der Waals surface area contributed by atoms with Gasteiger partial charge in [0.15, 0.2) is 0 Å². The third-order valence-electron chi connectivity index (χ3n) is 4.75. The SMILES string of the molecule is CCc1c(O)cccc1[Si](C)(c1ccccc1)c1ccccc1. The van der Waals surface area contributed by atoms with Gasteiger partial charge in [0.2, 0.25) is 0 Å². The number of rotatable bonds is 4. The van der Waals surface area contributed by atoms with Gasteiger partial charge in [0, 0.05) is 0 Å². The van der Waals surface area contributed by atoms with Gasteiger partial charge < -0.3 is 5.11 Å². The van der Waals surface area contributed by atoms with Crippen molar-refractivity contribution in [2.75, 3.05) is 0 Å². The second-order valence-corrected chi connectivity index (χ2v) is 9.96. The van der Waals surface area contributed by atoms with Crippen molar-refractivity contribution in [3.8, 4) is 5.75 Å². The van der Waals surface area contributed by atoms with Crippen LogP contribution in [0.4, 0.5) is 0 Å². The van der Waals surface area contributed by atoms with Crippen molar-refractivity contribution < 1.29 is 5.11 Å². The summed E-state index contributed by atoms with van der Waals surface area (Å²) in [5.41, 5.74) is 1.08. The molecule has 0 saturated heterocycles. The van der Waals surface area contributed by atoms with Crippen LogP contribution in [0.15, 0.2) is 78.9 Å². The van der Waals surface area contributed by atoms with Gasteiger partial charge in [-0.25, -0.2) is 0 Å². The predicted molar refractivity (Wildman–Crippen MR) is 101 cm³/mol. The van der Waals surface area contributed by atoms with Crippen LogP contribution in [-0.2, 0) is 6.42 Å². The maximum Gasteiger partial charge on any atom is 0.145 e. The van der Waals surface area contributed by atoms with Crippen molar-refractivity contribution >= 4 is 23.6 Å². The molecule has 1 N–H and O–H groups in total. The maximum atomic E-state index is 10.4. The monoisotopic (exact) mass is 318 g/mol. The largest absolute Gasteiger partial charge is 0.508 e. The average Bonchev–Trinajstić information content (AvgIpc) is 2.62. The summed E-state index contributed by atoms with van der Waals surface area (Å²) in [6, 6.07) is 27.4. The number of aromatic hydroxyl groups is 1. The fourth-order valence-electron chi connectivity index (χ4n) is 3.44. The van der Waals surface area contributed by atoms with E-state index in [1.54, 1.807) is 6.07 Å². The van der Waals surface area contributed by atoms with E-state index in [0.29, 0.717) is 5.75 Å². The van der Waals surface area contributed by atoms with E-state index in [2.05, 4.69) is 80.2 Å². The minimum absolute atomic E-state index is 0.413. The highest BCUT2D eigenvalue weighted by Gasteiger charge is 2.36. The lowest BCUT2D eigenvalue weighted by atomic mass is 10.1. The van der Waals surface area contributed by atoms with E-state index in [0.717, 1.165) is 12.0 Å². The van der Waals surface area contributed by atoms with Crippen LogP contribution >= 0.6 is 0 Å². The highest BCUT2D eigenvalue weighted by molar-refractivity contribution is 7.10. The first-order valence-electron chi connectivity index (χ1n) is 8.10. The molecule has 3 aromatic rings. The van der Waals surface area contributed by atoms with Crippen molar-refractivity contribution in [2.24, 2.45) is 0 Å². The molecule has 0 aliphatic carbocycles. The zero-order chi connectivity index (χ0) is 16.3. The number of hydrogen-bond acceptors (Lipinski definition) is 1. The Morgan fingerprint density at radius 2 is 1.26 bits per heavy atom. The van der Waals surface area contributed by atoms with Crippen LogP contribution in [0.5, 0.6) is 5.75 Å². The summed E-state index contributed by atoms with van der Waals surface area (Å²) in [5.74, 6) is 0.413. The molecule has 0 radical (unpaired) electrons. The fourth-order valence-corrected chi connectivity index (χ4v) is 7.45. The summed E-state index contributed by atoms with van der Waals surface area (Å²) in [4.78, 5) is 0. The lowest BCUT2D eigenvalue weighted by Gasteiger charge is -2.31. The van der Waals surface area contributed by atoms with E-state index in [-0.39, 0.29) is 0 Å². The molecule has 23 heavy (non-hydrogen) atoms. The van der Waals surface area contributed by atoms with Gasteiger partial charge in [0.05, 0.1) is 0 Å². The Kier molecular flexibility index (Phi) is 4.35. The molecule has 0 heterocycles. The third-order valence-corrected chi connectivity index (χ3v) is 9.27. The zero-order valence-corrected chi connectivity index (χ0v) is 14.7. The molecule has 3 rings (SSSR count). The Bertz CT molecular complexity index is 742. The van der Waals surface area contributed by atoms with E-state index < -0.39 is 8.07 Å². The smallest absolute Gasteiger partial charge is 0.145 e. The Labute approximate surface area is 139 Å². The van der Waals surface area contributed by atoms with E-state index in [1.165, 1.54) is 15.6 Å². The quantitative estimate of drug-likeness (QED) is 0.579. The molecule has 0 aromatic heterocycles. The summed E-state index contributed by atoms with van der Waals surface area (Å²) >= 11 is 0. The fraction of sp³-hybridized carbons (Fsp3) is 0.143. The Balaban J connectivity index is 2.32. The molecule has 1 nitrogen and oxygen atoms in total. The van der Waals surface area contributed by atoms with Crippen molar-refractivity contribution in [1.29, 1.82) is 0 Å². The van der Waals surface area contributed by atoms with Crippen LogP contribution in [0.1, 0.15) is 12.5 Å². The topological polar surface area (TPSA) is 20.2 Å². The lowest BCUT2D eigenvalue weighted by Crippen LogP contribution is -2.65. The first kappa shape index (κ1) is 15.6. The van der Waals surface area contributed by atoms with Crippen LogP contribution in [-0.4, -0.2) is 13.2 Å². The van der Waals surface area contributed by atoms with Crippen molar-refractivity contribution in [3.63, 3.8) is 0 Å². The molecule has 0 aliphatic rings. The third kappa shape index (κ3) is 2.70. The molecule has 2 heteroatoms. The predicted octanol–water partition coefficient (Wildman–Crippen LogP) is 3.05.